The fraction of sp³-hybridized carbons (Fsp3) is 0.647. The predicted octanol–water partition coefficient (Wildman–Crippen LogP) is 2.99. The topological polar surface area (TPSA) is 18.5 Å². The van der Waals surface area contributed by atoms with Crippen molar-refractivity contribution in [3.8, 4) is 0 Å². The quantitative estimate of drug-likeness (QED) is 0.781. The Bertz CT molecular complexity index is 422. The summed E-state index contributed by atoms with van der Waals surface area (Å²) in [7, 11) is 0. The Balaban J connectivity index is 1.31. The summed E-state index contributed by atoms with van der Waals surface area (Å²) in [6, 6.07) is 9.07. The minimum absolute atomic E-state index is 0.817. The molecule has 1 aliphatic carbocycles. The van der Waals surface area contributed by atoms with E-state index in [4.69, 9.17) is 11.6 Å². The summed E-state index contributed by atoms with van der Waals surface area (Å²) in [4.78, 5) is 5.06. The monoisotopic (exact) mass is 307 g/mol. The highest BCUT2D eigenvalue weighted by Crippen LogP contribution is 2.20. The van der Waals surface area contributed by atoms with E-state index in [2.05, 4.69) is 27.2 Å². The summed E-state index contributed by atoms with van der Waals surface area (Å²) < 4.78 is 0. The Kier molecular flexibility index (Phi) is 5.39. The molecule has 4 heteroatoms. The van der Waals surface area contributed by atoms with Crippen LogP contribution in [0, 0.1) is 0 Å². The van der Waals surface area contributed by atoms with Crippen LogP contribution in [0.3, 0.4) is 0 Å². The van der Waals surface area contributed by atoms with Crippen LogP contribution in [0.15, 0.2) is 24.3 Å². The van der Waals surface area contributed by atoms with Gasteiger partial charge >= 0.3 is 0 Å². The molecule has 1 aromatic carbocycles. The van der Waals surface area contributed by atoms with Gasteiger partial charge in [0.1, 0.15) is 0 Å². The maximum Gasteiger partial charge on any atom is 0.0407 e. The summed E-state index contributed by atoms with van der Waals surface area (Å²) in [5.74, 6) is 0. The van der Waals surface area contributed by atoms with Crippen molar-refractivity contribution in [2.45, 2.75) is 31.7 Å². The smallest absolute Gasteiger partial charge is 0.0407 e. The molecule has 1 saturated heterocycles. The van der Waals surface area contributed by atoms with Gasteiger partial charge in [-0.25, -0.2) is 0 Å². The van der Waals surface area contributed by atoms with Gasteiger partial charge in [0.15, 0.2) is 0 Å². The molecule has 21 heavy (non-hydrogen) atoms. The van der Waals surface area contributed by atoms with Gasteiger partial charge in [-0.15, -0.1) is 0 Å². The fourth-order valence-corrected chi connectivity index (χ4v) is 3.06. The van der Waals surface area contributed by atoms with Crippen molar-refractivity contribution in [2.24, 2.45) is 0 Å². The van der Waals surface area contributed by atoms with Crippen molar-refractivity contribution in [3.05, 3.63) is 29.3 Å². The van der Waals surface area contributed by atoms with Crippen LogP contribution < -0.4 is 10.2 Å². The van der Waals surface area contributed by atoms with Crippen molar-refractivity contribution in [2.75, 3.05) is 44.2 Å². The third kappa shape index (κ3) is 4.87. The molecule has 3 nitrogen and oxygen atoms in total. The molecule has 0 radical (unpaired) electrons. The molecule has 0 aromatic heterocycles. The first-order chi connectivity index (χ1) is 10.3. The first-order valence-corrected chi connectivity index (χ1v) is 8.65. The number of anilines is 1. The van der Waals surface area contributed by atoms with E-state index in [1.807, 2.05) is 12.1 Å². The lowest BCUT2D eigenvalue weighted by Gasteiger charge is -2.36. The van der Waals surface area contributed by atoms with Crippen molar-refractivity contribution in [3.63, 3.8) is 0 Å². The fourth-order valence-electron chi connectivity index (χ4n) is 2.94. The molecule has 1 heterocycles. The van der Waals surface area contributed by atoms with Crippen LogP contribution in [-0.2, 0) is 0 Å². The number of hydrogen-bond donors (Lipinski definition) is 1. The number of hydrogen-bond acceptors (Lipinski definition) is 3. The lowest BCUT2D eigenvalue weighted by atomic mass is 10.2. The minimum atomic E-state index is 0.817. The number of nitrogens with zero attached hydrogens (tertiary/aromatic N) is 2. The molecule has 3 rings (SSSR count). The van der Waals surface area contributed by atoms with Gasteiger partial charge in [0.05, 0.1) is 0 Å². The third-order valence-corrected chi connectivity index (χ3v) is 4.73. The van der Waals surface area contributed by atoms with Crippen LogP contribution in [0.4, 0.5) is 5.69 Å². The molecule has 1 N–H and O–H groups in total. The Morgan fingerprint density at radius 1 is 1.00 bits per heavy atom. The van der Waals surface area contributed by atoms with Crippen molar-refractivity contribution < 1.29 is 0 Å². The van der Waals surface area contributed by atoms with Crippen molar-refractivity contribution >= 4 is 17.3 Å². The Morgan fingerprint density at radius 3 is 2.38 bits per heavy atom. The Hall–Kier alpha value is -0.770. The van der Waals surface area contributed by atoms with Gasteiger partial charge in [0.2, 0.25) is 0 Å². The molecule has 1 aromatic rings. The van der Waals surface area contributed by atoms with E-state index in [1.165, 1.54) is 57.5 Å². The highest BCUT2D eigenvalue weighted by atomic mass is 35.5. The molecule has 0 spiro atoms. The molecule has 0 amide bonds. The van der Waals surface area contributed by atoms with Gasteiger partial charge in [-0.3, -0.25) is 4.90 Å². The van der Waals surface area contributed by atoms with E-state index in [-0.39, 0.29) is 0 Å². The molecule has 0 bridgehead atoms. The van der Waals surface area contributed by atoms with Crippen LogP contribution in [0.1, 0.15) is 25.7 Å². The molecular formula is C17H26ClN3. The molecule has 1 aliphatic heterocycles. The zero-order chi connectivity index (χ0) is 14.5. The van der Waals surface area contributed by atoms with Crippen LogP contribution in [0.2, 0.25) is 5.02 Å². The van der Waals surface area contributed by atoms with E-state index >= 15 is 0 Å². The zero-order valence-corrected chi connectivity index (χ0v) is 13.5. The summed E-state index contributed by atoms with van der Waals surface area (Å²) in [5.41, 5.74) is 1.30. The Labute approximate surface area is 133 Å². The SMILES string of the molecule is Clc1ccc(N2CCN(CCCCNC3CC3)CC2)cc1. The highest BCUT2D eigenvalue weighted by molar-refractivity contribution is 6.30. The minimum Gasteiger partial charge on any atom is -0.369 e. The lowest BCUT2D eigenvalue weighted by Crippen LogP contribution is -2.46. The second-order valence-corrected chi connectivity index (χ2v) is 6.68. The number of unbranched alkanes of at least 4 members (excludes halogenated alkanes) is 1. The van der Waals surface area contributed by atoms with Crippen LogP contribution in [-0.4, -0.2) is 50.2 Å². The summed E-state index contributed by atoms with van der Waals surface area (Å²) >= 11 is 5.95. The maximum atomic E-state index is 5.95. The Morgan fingerprint density at radius 2 is 1.71 bits per heavy atom. The van der Waals surface area contributed by atoms with Crippen LogP contribution in [0.5, 0.6) is 0 Å². The third-order valence-electron chi connectivity index (χ3n) is 4.48. The van der Waals surface area contributed by atoms with E-state index in [1.54, 1.807) is 0 Å². The second kappa shape index (κ2) is 7.48. The van der Waals surface area contributed by atoms with Crippen LogP contribution >= 0.6 is 11.6 Å². The average molecular weight is 308 g/mol. The summed E-state index contributed by atoms with van der Waals surface area (Å²) in [6.45, 7) is 7.07. The van der Waals surface area contributed by atoms with Crippen molar-refractivity contribution in [1.29, 1.82) is 0 Å². The summed E-state index contributed by atoms with van der Waals surface area (Å²) in [5, 5.41) is 4.41. The molecular weight excluding hydrogens is 282 g/mol. The first-order valence-electron chi connectivity index (χ1n) is 8.27. The molecule has 0 unspecified atom stereocenters. The van der Waals surface area contributed by atoms with Gasteiger partial charge in [-0.1, -0.05) is 11.6 Å². The average Bonchev–Trinajstić information content (AvgIpc) is 3.33. The van der Waals surface area contributed by atoms with E-state index < -0.39 is 0 Å². The van der Waals surface area contributed by atoms with E-state index in [0.717, 1.165) is 24.2 Å². The molecule has 2 aliphatic rings. The van der Waals surface area contributed by atoms with Gasteiger partial charge in [0.25, 0.3) is 0 Å². The molecule has 116 valence electrons. The summed E-state index contributed by atoms with van der Waals surface area (Å²) in [6.07, 6.45) is 5.42. The van der Waals surface area contributed by atoms with E-state index in [9.17, 15) is 0 Å². The number of nitrogens with one attached hydrogen (secondary N) is 1. The zero-order valence-electron chi connectivity index (χ0n) is 12.7. The number of halogens is 1. The van der Waals surface area contributed by atoms with Gasteiger partial charge < -0.3 is 10.2 Å². The molecule has 1 saturated carbocycles. The lowest BCUT2D eigenvalue weighted by molar-refractivity contribution is 0.252. The second-order valence-electron chi connectivity index (χ2n) is 6.24. The first kappa shape index (κ1) is 15.1. The van der Waals surface area contributed by atoms with Gasteiger partial charge in [-0.2, -0.15) is 0 Å². The largest absolute Gasteiger partial charge is 0.369 e. The predicted molar refractivity (Wildman–Crippen MR) is 90.4 cm³/mol. The number of rotatable bonds is 7. The van der Waals surface area contributed by atoms with Crippen LogP contribution in [0.25, 0.3) is 0 Å². The van der Waals surface area contributed by atoms with E-state index in [0.29, 0.717) is 0 Å². The van der Waals surface area contributed by atoms with Gasteiger partial charge in [-0.05, 0) is 63.0 Å². The standard InChI is InChI=1S/C17H26ClN3/c18-15-3-7-17(8-4-15)21-13-11-20(12-14-21)10-2-1-9-19-16-5-6-16/h3-4,7-8,16,19H,1-2,5-6,9-14H2. The molecule has 0 atom stereocenters. The normalized spacial score (nSPS) is 20.0. The number of benzene rings is 1. The number of piperazine rings is 1. The highest BCUT2D eigenvalue weighted by Gasteiger charge is 2.20. The van der Waals surface area contributed by atoms with Gasteiger partial charge in [0, 0.05) is 42.9 Å². The van der Waals surface area contributed by atoms with Crippen molar-refractivity contribution in [1.82, 2.24) is 10.2 Å². The maximum absolute atomic E-state index is 5.95. The molecule has 2 fully saturated rings.